The average molecular weight is 319 g/mol. The molecule has 2 nitrogen and oxygen atoms in total. The maximum atomic E-state index is 6.21. The monoisotopic (exact) mass is 318 g/mol. The third kappa shape index (κ3) is 3.72. The van der Waals surface area contributed by atoms with Gasteiger partial charge in [0.2, 0.25) is 0 Å². The van der Waals surface area contributed by atoms with Crippen LogP contribution < -0.4 is 4.90 Å². The molecule has 1 aromatic carbocycles. The number of pyridine rings is 1. The molecular formula is C17H19ClN2S. The molecule has 0 bridgehead atoms. The minimum Gasteiger partial charge on any atom is -0.369 e. The van der Waals surface area contributed by atoms with Gasteiger partial charge < -0.3 is 4.90 Å². The molecular weight excluding hydrogens is 300 g/mol. The van der Waals surface area contributed by atoms with E-state index in [1.54, 1.807) is 11.8 Å². The number of halogens is 1. The summed E-state index contributed by atoms with van der Waals surface area (Å²) in [5, 5.41) is 1.59. The molecule has 1 saturated heterocycles. The Hall–Kier alpha value is -1.19. The van der Waals surface area contributed by atoms with Crippen LogP contribution in [0.2, 0.25) is 5.15 Å². The highest BCUT2D eigenvalue weighted by molar-refractivity contribution is 7.98. The van der Waals surface area contributed by atoms with Gasteiger partial charge in [0.1, 0.15) is 10.2 Å². The largest absolute Gasteiger partial charge is 0.369 e. The minimum atomic E-state index is 0.585. The standard InChI is InChI=1S/C17H19ClN2S/c1-13-6-5-9-20(13)15-10-16(18)19-17(11-15)21-12-14-7-3-2-4-8-14/h2-4,7-8,10-11,13H,5-6,9,12H2,1H3/t13-/m1/s1. The fourth-order valence-corrected chi connectivity index (χ4v) is 3.88. The molecule has 0 unspecified atom stereocenters. The first kappa shape index (κ1) is 14.7. The Morgan fingerprint density at radius 1 is 1.29 bits per heavy atom. The van der Waals surface area contributed by atoms with Crippen molar-refractivity contribution in [2.24, 2.45) is 0 Å². The molecule has 3 rings (SSSR count). The van der Waals surface area contributed by atoms with E-state index < -0.39 is 0 Å². The van der Waals surface area contributed by atoms with Crippen LogP contribution in [0.4, 0.5) is 5.69 Å². The Morgan fingerprint density at radius 2 is 2.10 bits per heavy atom. The summed E-state index contributed by atoms with van der Waals surface area (Å²) in [6.07, 6.45) is 2.51. The number of nitrogens with zero attached hydrogens (tertiary/aromatic N) is 2. The molecule has 1 aliphatic heterocycles. The van der Waals surface area contributed by atoms with Crippen LogP contribution in [0.3, 0.4) is 0 Å². The zero-order chi connectivity index (χ0) is 14.7. The lowest BCUT2D eigenvalue weighted by atomic mass is 10.2. The molecule has 0 spiro atoms. The van der Waals surface area contributed by atoms with Gasteiger partial charge in [-0.3, -0.25) is 0 Å². The molecule has 1 aromatic heterocycles. The predicted molar refractivity (Wildman–Crippen MR) is 91.3 cm³/mol. The van der Waals surface area contributed by atoms with Crippen LogP contribution in [0.25, 0.3) is 0 Å². The zero-order valence-corrected chi connectivity index (χ0v) is 13.7. The highest BCUT2D eigenvalue weighted by Gasteiger charge is 2.21. The van der Waals surface area contributed by atoms with E-state index in [2.05, 4.69) is 47.1 Å². The van der Waals surface area contributed by atoms with Gasteiger partial charge in [-0.25, -0.2) is 4.98 Å². The quantitative estimate of drug-likeness (QED) is 0.582. The molecule has 1 fully saturated rings. The molecule has 110 valence electrons. The Morgan fingerprint density at radius 3 is 2.81 bits per heavy atom. The minimum absolute atomic E-state index is 0.585. The Balaban J connectivity index is 1.75. The van der Waals surface area contributed by atoms with E-state index in [1.165, 1.54) is 24.1 Å². The van der Waals surface area contributed by atoms with Crippen LogP contribution in [0.1, 0.15) is 25.3 Å². The van der Waals surface area contributed by atoms with Gasteiger partial charge in [-0.15, -0.1) is 11.8 Å². The maximum absolute atomic E-state index is 6.21. The van der Waals surface area contributed by atoms with Gasteiger partial charge in [0.25, 0.3) is 0 Å². The Labute approximate surface area is 135 Å². The number of aromatic nitrogens is 1. The van der Waals surface area contributed by atoms with Gasteiger partial charge >= 0.3 is 0 Å². The highest BCUT2D eigenvalue weighted by atomic mass is 35.5. The third-order valence-corrected chi connectivity index (χ3v) is 5.05. The maximum Gasteiger partial charge on any atom is 0.132 e. The van der Waals surface area contributed by atoms with E-state index in [1.807, 2.05) is 12.1 Å². The number of benzene rings is 1. The first-order valence-electron chi connectivity index (χ1n) is 7.33. The summed E-state index contributed by atoms with van der Waals surface area (Å²) in [6, 6.07) is 15.2. The number of anilines is 1. The van der Waals surface area contributed by atoms with Crippen molar-refractivity contribution < 1.29 is 0 Å². The molecule has 0 amide bonds. The molecule has 2 aromatic rings. The molecule has 0 saturated carbocycles. The number of hydrogen-bond acceptors (Lipinski definition) is 3. The molecule has 1 atom stereocenters. The summed E-state index contributed by atoms with van der Waals surface area (Å²) >= 11 is 7.95. The summed E-state index contributed by atoms with van der Waals surface area (Å²) in [5.41, 5.74) is 2.51. The van der Waals surface area contributed by atoms with E-state index in [4.69, 9.17) is 11.6 Å². The first-order chi connectivity index (χ1) is 10.2. The van der Waals surface area contributed by atoms with Crippen molar-refractivity contribution in [1.82, 2.24) is 4.98 Å². The molecule has 1 aliphatic rings. The Bertz CT molecular complexity index is 603. The topological polar surface area (TPSA) is 16.1 Å². The predicted octanol–water partition coefficient (Wildman–Crippen LogP) is 5.02. The lowest BCUT2D eigenvalue weighted by Crippen LogP contribution is -2.26. The molecule has 2 heterocycles. The van der Waals surface area contributed by atoms with Crippen LogP contribution in [0, 0.1) is 0 Å². The van der Waals surface area contributed by atoms with Crippen LogP contribution in [0.5, 0.6) is 0 Å². The van der Waals surface area contributed by atoms with Crippen molar-refractivity contribution in [1.29, 1.82) is 0 Å². The van der Waals surface area contributed by atoms with Crippen LogP contribution in [-0.2, 0) is 5.75 Å². The van der Waals surface area contributed by atoms with Gasteiger partial charge in [-0.2, -0.15) is 0 Å². The zero-order valence-electron chi connectivity index (χ0n) is 12.1. The summed E-state index contributed by atoms with van der Waals surface area (Å²) in [4.78, 5) is 6.88. The van der Waals surface area contributed by atoms with Crippen molar-refractivity contribution in [2.75, 3.05) is 11.4 Å². The van der Waals surface area contributed by atoms with E-state index in [0.717, 1.165) is 17.3 Å². The second kappa shape index (κ2) is 6.71. The van der Waals surface area contributed by atoms with Crippen LogP contribution in [0.15, 0.2) is 47.5 Å². The lowest BCUT2D eigenvalue weighted by Gasteiger charge is -2.24. The number of rotatable bonds is 4. The summed E-state index contributed by atoms with van der Waals surface area (Å²) in [6.45, 7) is 3.39. The van der Waals surface area contributed by atoms with Crippen molar-refractivity contribution in [3.8, 4) is 0 Å². The SMILES string of the molecule is C[C@@H]1CCCN1c1cc(Cl)nc(SCc2ccccc2)c1. The average Bonchev–Trinajstić information content (AvgIpc) is 2.92. The second-order valence-electron chi connectivity index (χ2n) is 5.45. The molecule has 0 radical (unpaired) electrons. The second-order valence-corrected chi connectivity index (χ2v) is 6.83. The molecule has 4 heteroatoms. The molecule has 0 N–H and O–H groups in total. The number of hydrogen-bond donors (Lipinski definition) is 0. The summed E-state index contributed by atoms with van der Waals surface area (Å²) < 4.78 is 0. The molecule has 0 aliphatic carbocycles. The van der Waals surface area contributed by atoms with E-state index in [0.29, 0.717) is 11.2 Å². The van der Waals surface area contributed by atoms with E-state index in [-0.39, 0.29) is 0 Å². The van der Waals surface area contributed by atoms with Crippen LogP contribution in [-0.4, -0.2) is 17.6 Å². The van der Waals surface area contributed by atoms with Gasteiger partial charge in [0.15, 0.2) is 0 Å². The normalized spacial score (nSPS) is 18.2. The van der Waals surface area contributed by atoms with Gasteiger partial charge in [-0.1, -0.05) is 41.9 Å². The fraction of sp³-hybridized carbons (Fsp3) is 0.353. The Kier molecular flexibility index (Phi) is 4.71. The summed E-state index contributed by atoms with van der Waals surface area (Å²) in [7, 11) is 0. The van der Waals surface area contributed by atoms with Crippen LogP contribution >= 0.6 is 23.4 Å². The van der Waals surface area contributed by atoms with Crippen molar-refractivity contribution in [3.63, 3.8) is 0 Å². The van der Waals surface area contributed by atoms with E-state index in [9.17, 15) is 0 Å². The highest BCUT2D eigenvalue weighted by Crippen LogP contribution is 2.31. The first-order valence-corrected chi connectivity index (χ1v) is 8.70. The fourth-order valence-electron chi connectivity index (χ4n) is 2.75. The van der Waals surface area contributed by atoms with E-state index >= 15 is 0 Å². The van der Waals surface area contributed by atoms with Gasteiger partial charge in [-0.05, 0) is 37.5 Å². The number of thioether (sulfide) groups is 1. The van der Waals surface area contributed by atoms with Crippen molar-refractivity contribution in [2.45, 2.75) is 36.6 Å². The van der Waals surface area contributed by atoms with Crippen molar-refractivity contribution >= 4 is 29.1 Å². The third-order valence-electron chi connectivity index (χ3n) is 3.87. The van der Waals surface area contributed by atoms with Gasteiger partial charge in [0.05, 0.1) is 0 Å². The summed E-state index contributed by atoms with van der Waals surface area (Å²) in [5.74, 6) is 0.920. The lowest BCUT2D eigenvalue weighted by molar-refractivity contribution is 0.733. The smallest absolute Gasteiger partial charge is 0.132 e. The van der Waals surface area contributed by atoms with Gasteiger partial charge in [0, 0.05) is 24.0 Å². The van der Waals surface area contributed by atoms with Crippen molar-refractivity contribution in [3.05, 3.63) is 53.2 Å². The molecule has 21 heavy (non-hydrogen) atoms.